The highest BCUT2D eigenvalue weighted by atomic mass is 79.9. The minimum atomic E-state index is -0.396. The molecule has 0 fully saturated rings. The quantitative estimate of drug-likeness (QED) is 0.626. The van der Waals surface area contributed by atoms with Crippen LogP contribution in [0.2, 0.25) is 0 Å². The number of anilines is 1. The van der Waals surface area contributed by atoms with Crippen LogP contribution in [-0.4, -0.2) is 5.16 Å². The molecule has 0 unspecified atom stereocenters. The van der Waals surface area contributed by atoms with Crippen molar-refractivity contribution in [3.8, 4) is 22.5 Å². The highest BCUT2D eigenvalue weighted by molar-refractivity contribution is 9.10. The van der Waals surface area contributed by atoms with Gasteiger partial charge in [0, 0.05) is 8.95 Å². The van der Waals surface area contributed by atoms with E-state index in [9.17, 15) is 4.39 Å². The van der Waals surface area contributed by atoms with Crippen molar-refractivity contribution < 1.29 is 8.91 Å². The van der Waals surface area contributed by atoms with E-state index in [4.69, 9.17) is 10.3 Å². The molecule has 106 valence electrons. The molecule has 0 aliphatic heterocycles. The lowest BCUT2D eigenvalue weighted by Crippen LogP contribution is -1.90. The summed E-state index contributed by atoms with van der Waals surface area (Å²) in [5.74, 6) is 0.146. The van der Waals surface area contributed by atoms with E-state index in [0.29, 0.717) is 16.9 Å². The number of rotatable bonds is 2. The molecule has 3 rings (SSSR count). The molecule has 0 radical (unpaired) electrons. The van der Waals surface area contributed by atoms with Crippen LogP contribution in [0.5, 0.6) is 0 Å². The van der Waals surface area contributed by atoms with E-state index >= 15 is 0 Å². The van der Waals surface area contributed by atoms with Gasteiger partial charge in [-0.15, -0.1) is 0 Å². The second kappa shape index (κ2) is 5.61. The molecule has 0 atom stereocenters. The molecule has 0 aliphatic carbocycles. The lowest BCUT2D eigenvalue weighted by Gasteiger charge is -2.05. The summed E-state index contributed by atoms with van der Waals surface area (Å²) >= 11 is 6.70. The molecule has 6 heteroatoms. The normalized spacial score (nSPS) is 10.8. The summed E-state index contributed by atoms with van der Waals surface area (Å²) in [7, 11) is 0. The molecule has 1 heterocycles. The number of hydrogen-bond acceptors (Lipinski definition) is 3. The van der Waals surface area contributed by atoms with Crippen molar-refractivity contribution in [1.29, 1.82) is 0 Å². The van der Waals surface area contributed by atoms with Gasteiger partial charge in [0.05, 0.1) is 11.1 Å². The van der Waals surface area contributed by atoms with Gasteiger partial charge in [0.2, 0.25) is 0 Å². The number of nitrogen functional groups attached to an aromatic ring is 1. The zero-order valence-electron chi connectivity index (χ0n) is 10.6. The second-order valence-electron chi connectivity index (χ2n) is 4.40. The van der Waals surface area contributed by atoms with Crippen molar-refractivity contribution in [1.82, 2.24) is 5.16 Å². The third-order valence-corrected chi connectivity index (χ3v) is 4.05. The fraction of sp³-hybridized carbons (Fsp3) is 0. The maximum absolute atomic E-state index is 14.1. The summed E-state index contributed by atoms with van der Waals surface area (Å²) in [6, 6.07) is 12.1. The largest absolute Gasteiger partial charge is 0.380 e. The van der Waals surface area contributed by atoms with Gasteiger partial charge in [0.15, 0.2) is 11.6 Å². The Morgan fingerprint density at radius 1 is 1.00 bits per heavy atom. The van der Waals surface area contributed by atoms with Gasteiger partial charge in [-0.1, -0.05) is 49.1 Å². The van der Waals surface area contributed by atoms with Crippen LogP contribution in [0, 0.1) is 5.82 Å². The number of hydrogen-bond donors (Lipinski definition) is 1. The molecule has 2 N–H and O–H groups in total. The smallest absolute Gasteiger partial charge is 0.179 e. The first-order chi connectivity index (χ1) is 10.1. The first kappa shape index (κ1) is 14.3. The predicted molar refractivity (Wildman–Crippen MR) is 87.1 cm³/mol. The molecule has 0 spiro atoms. The van der Waals surface area contributed by atoms with Crippen LogP contribution in [-0.2, 0) is 0 Å². The number of nitrogens with zero attached hydrogens (tertiary/aromatic N) is 1. The van der Waals surface area contributed by atoms with Gasteiger partial charge in [-0.2, -0.15) is 0 Å². The number of benzene rings is 2. The number of aromatic nitrogens is 1. The molecule has 2 aromatic carbocycles. The Morgan fingerprint density at radius 3 is 2.38 bits per heavy atom. The topological polar surface area (TPSA) is 52.0 Å². The van der Waals surface area contributed by atoms with Gasteiger partial charge in [0.1, 0.15) is 5.82 Å². The summed E-state index contributed by atoms with van der Waals surface area (Å²) in [6.07, 6.45) is 0. The lowest BCUT2D eigenvalue weighted by molar-refractivity contribution is 0.433. The van der Waals surface area contributed by atoms with Gasteiger partial charge in [-0.3, -0.25) is 0 Å². The summed E-state index contributed by atoms with van der Waals surface area (Å²) in [6.45, 7) is 0. The molecule has 3 aromatic rings. The second-order valence-corrected chi connectivity index (χ2v) is 6.23. The zero-order valence-corrected chi connectivity index (χ0v) is 13.8. The third-order valence-electron chi connectivity index (χ3n) is 3.02. The van der Waals surface area contributed by atoms with Crippen molar-refractivity contribution in [3.05, 3.63) is 57.2 Å². The van der Waals surface area contributed by atoms with Crippen LogP contribution in [0.4, 0.5) is 10.2 Å². The molecular weight excluding hydrogens is 403 g/mol. The van der Waals surface area contributed by atoms with Crippen LogP contribution in [0.3, 0.4) is 0 Å². The Morgan fingerprint density at radius 2 is 1.67 bits per heavy atom. The van der Waals surface area contributed by atoms with E-state index in [-0.39, 0.29) is 5.82 Å². The first-order valence-corrected chi connectivity index (χ1v) is 7.61. The number of nitrogens with two attached hydrogens (primary N) is 1. The van der Waals surface area contributed by atoms with Crippen LogP contribution in [0.1, 0.15) is 0 Å². The van der Waals surface area contributed by atoms with Crippen LogP contribution >= 0.6 is 31.9 Å². The zero-order chi connectivity index (χ0) is 15.0. The Balaban J connectivity index is 2.21. The molecule has 0 amide bonds. The molecule has 1 aromatic heterocycles. The summed E-state index contributed by atoms with van der Waals surface area (Å²) in [5, 5.41) is 3.77. The van der Waals surface area contributed by atoms with E-state index in [2.05, 4.69) is 37.0 Å². The maximum atomic E-state index is 14.1. The van der Waals surface area contributed by atoms with Crippen LogP contribution < -0.4 is 5.73 Å². The SMILES string of the molecule is Nc1noc(-c2cc(Br)ccc2F)c1-c1ccc(Br)cc1. The Hall–Kier alpha value is -1.66. The molecule has 0 saturated carbocycles. The minimum absolute atomic E-state index is 0.228. The Bertz CT molecular complexity index is 800. The fourth-order valence-electron chi connectivity index (χ4n) is 2.05. The van der Waals surface area contributed by atoms with Gasteiger partial charge in [-0.05, 0) is 35.9 Å². The van der Waals surface area contributed by atoms with E-state index in [1.54, 1.807) is 12.1 Å². The molecule has 3 nitrogen and oxygen atoms in total. The molecule has 21 heavy (non-hydrogen) atoms. The van der Waals surface area contributed by atoms with Crippen molar-refractivity contribution >= 4 is 37.7 Å². The average molecular weight is 412 g/mol. The maximum Gasteiger partial charge on any atom is 0.179 e. The highest BCUT2D eigenvalue weighted by Crippen LogP contribution is 2.38. The van der Waals surface area contributed by atoms with Crippen molar-refractivity contribution in [2.75, 3.05) is 5.73 Å². The van der Waals surface area contributed by atoms with E-state index in [1.807, 2.05) is 24.3 Å². The third kappa shape index (κ3) is 2.73. The molecule has 0 bridgehead atoms. The number of halogens is 3. The van der Waals surface area contributed by atoms with E-state index in [0.717, 1.165) is 14.5 Å². The Labute approximate surface area is 137 Å². The summed E-state index contributed by atoms with van der Waals surface area (Å²) in [4.78, 5) is 0. The van der Waals surface area contributed by atoms with Gasteiger partial charge >= 0.3 is 0 Å². The Kier molecular flexibility index (Phi) is 3.82. The first-order valence-electron chi connectivity index (χ1n) is 6.03. The van der Waals surface area contributed by atoms with E-state index < -0.39 is 5.82 Å². The predicted octanol–water partition coefficient (Wildman–Crippen LogP) is 5.25. The fourth-order valence-corrected chi connectivity index (χ4v) is 2.68. The van der Waals surface area contributed by atoms with Crippen molar-refractivity contribution in [3.63, 3.8) is 0 Å². The van der Waals surface area contributed by atoms with Crippen molar-refractivity contribution in [2.45, 2.75) is 0 Å². The van der Waals surface area contributed by atoms with Gasteiger partial charge in [0.25, 0.3) is 0 Å². The summed E-state index contributed by atoms with van der Waals surface area (Å²) < 4.78 is 21.0. The van der Waals surface area contributed by atoms with Crippen LogP contribution in [0.25, 0.3) is 22.5 Å². The standard InChI is InChI=1S/C15H9Br2FN2O/c16-9-3-1-8(2-4-9)13-14(21-20-15(13)19)11-7-10(17)5-6-12(11)18/h1-7H,(H2,19,20). The van der Waals surface area contributed by atoms with Crippen LogP contribution in [0.15, 0.2) is 55.9 Å². The van der Waals surface area contributed by atoms with Gasteiger partial charge < -0.3 is 10.3 Å². The van der Waals surface area contributed by atoms with Gasteiger partial charge in [-0.25, -0.2) is 4.39 Å². The highest BCUT2D eigenvalue weighted by Gasteiger charge is 2.20. The monoisotopic (exact) mass is 410 g/mol. The molecule has 0 aliphatic rings. The minimum Gasteiger partial charge on any atom is -0.380 e. The lowest BCUT2D eigenvalue weighted by atomic mass is 10.0. The van der Waals surface area contributed by atoms with Crippen molar-refractivity contribution in [2.24, 2.45) is 0 Å². The molecular formula is C15H9Br2FN2O. The average Bonchev–Trinajstić information content (AvgIpc) is 2.84. The summed E-state index contributed by atoms with van der Waals surface area (Å²) in [5.41, 5.74) is 7.59. The van der Waals surface area contributed by atoms with E-state index in [1.165, 1.54) is 6.07 Å². The molecule has 0 saturated heterocycles.